The maximum absolute atomic E-state index is 5.84. The molecule has 1 aromatic rings. The molecule has 1 unspecified atom stereocenters. The number of hydrogen-bond acceptors (Lipinski definition) is 3. The lowest BCUT2D eigenvalue weighted by molar-refractivity contribution is 0.0528. The fraction of sp³-hybridized carbons (Fsp3) is 0.467. The summed E-state index contributed by atoms with van der Waals surface area (Å²) in [5.74, 6) is 1.35. The molecule has 2 rings (SSSR count). The molecule has 0 radical (unpaired) electrons. The summed E-state index contributed by atoms with van der Waals surface area (Å²) in [5, 5.41) is 3.16. The summed E-state index contributed by atoms with van der Waals surface area (Å²) in [6.45, 7) is 3.75. The molecule has 2 atom stereocenters. The zero-order chi connectivity index (χ0) is 12.8. The van der Waals surface area contributed by atoms with Gasteiger partial charge in [0.1, 0.15) is 0 Å². The lowest BCUT2D eigenvalue weighted by Crippen LogP contribution is -2.17. The zero-order valence-corrected chi connectivity index (χ0v) is 10.9. The zero-order valence-electron chi connectivity index (χ0n) is 10.9. The summed E-state index contributed by atoms with van der Waals surface area (Å²) < 4.78 is 5.84. The van der Waals surface area contributed by atoms with Gasteiger partial charge in [-0.05, 0) is 37.3 Å². The smallest absolute Gasteiger partial charge is 0.0922 e. The molecule has 0 saturated carbocycles. The molecule has 1 aromatic carbocycles. The summed E-state index contributed by atoms with van der Waals surface area (Å²) in [4.78, 5) is 0. The van der Waals surface area contributed by atoms with E-state index in [2.05, 4.69) is 35.7 Å². The van der Waals surface area contributed by atoms with Crippen LogP contribution < -0.4 is 11.1 Å². The van der Waals surface area contributed by atoms with E-state index in [1.165, 1.54) is 5.56 Å². The average molecular weight is 246 g/mol. The quantitative estimate of drug-likeness (QED) is 0.811. The highest BCUT2D eigenvalue weighted by Crippen LogP contribution is 2.26. The van der Waals surface area contributed by atoms with Crippen molar-refractivity contribution in [3.63, 3.8) is 0 Å². The van der Waals surface area contributed by atoms with E-state index in [9.17, 15) is 0 Å². The van der Waals surface area contributed by atoms with Crippen LogP contribution in [0.4, 0.5) is 0 Å². The second-order valence-electron chi connectivity index (χ2n) is 4.70. The van der Waals surface area contributed by atoms with E-state index in [1.807, 2.05) is 13.0 Å². The molecule has 0 saturated heterocycles. The minimum atomic E-state index is 0.200. The van der Waals surface area contributed by atoms with Crippen LogP contribution in [0, 0.1) is 5.92 Å². The lowest BCUT2D eigenvalue weighted by atomic mass is 9.98. The number of benzene rings is 1. The molecule has 0 bridgehead atoms. The summed E-state index contributed by atoms with van der Waals surface area (Å²) in [6.07, 6.45) is 4.46. The third kappa shape index (κ3) is 3.50. The number of ether oxygens (including phenoxy) is 1. The van der Waals surface area contributed by atoms with Gasteiger partial charge in [-0.1, -0.05) is 30.3 Å². The average Bonchev–Trinajstić information content (AvgIpc) is 2.81. The van der Waals surface area contributed by atoms with Gasteiger partial charge in [0.2, 0.25) is 0 Å². The van der Waals surface area contributed by atoms with Gasteiger partial charge >= 0.3 is 0 Å². The Kier molecular flexibility index (Phi) is 4.65. The highest BCUT2D eigenvalue weighted by Gasteiger charge is 2.17. The van der Waals surface area contributed by atoms with E-state index in [-0.39, 0.29) is 6.10 Å². The van der Waals surface area contributed by atoms with Crippen molar-refractivity contribution in [2.24, 2.45) is 11.7 Å². The predicted octanol–water partition coefficient (Wildman–Crippen LogP) is 2.56. The summed E-state index contributed by atoms with van der Waals surface area (Å²) in [7, 11) is 0. The van der Waals surface area contributed by atoms with Gasteiger partial charge in [0.05, 0.1) is 11.9 Å². The van der Waals surface area contributed by atoms with Crippen molar-refractivity contribution in [2.75, 3.05) is 13.2 Å². The molecule has 3 heteroatoms. The van der Waals surface area contributed by atoms with E-state index >= 15 is 0 Å². The summed E-state index contributed by atoms with van der Waals surface area (Å²) >= 11 is 0. The third-order valence-electron chi connectivity index (χ3n) is 3.32. The van der Waals surface area contributed by atoms with Gasteiger partial charge in [-0.15, -0.1) is 0 Å². The predicted molar refractivity (Wildman–Crippen MR) is 73.8 cm³/mol. The van der Waals surface area contributed by atoms with Crippen LogP contribution >= 0.6 is 0 Å². The Morgan fingerprint density at radius 2 is 2.17 bits per heavy atom. The van der Waals surface area contributed by atoms with Gasteiger partial charge in [-0.2, -0.15) is 0 Å². The first kappa shape index (κ1) is 13.0. The fourth-order valence-corrected chi connectivity index (χ4v) is 2.39. The van der Waals surface area contributed by atoms with Crippen LogP contribution in [0.3, 0.4) is 0 Å². The third-order valence-corrected chi connectivity index (χ3v) is 3.32. The summed E-state index contributed by atoms with van der Waals surface area (Å²) in [6, 6.07) is 10.4. The molecule has 3 N–H and O–H groups in total. The molecule has 0 aromatic heterocycles. The first-order valence-electron chi connectivity index (χ1n) is 6.67. The van der Waals surface area contributed by atoms with Crippen molar-refractivity contribution >= 4 is 0 Å². The highest BCUT2D eigenvalue weighted by atomic mass is 16.5. The number of nitrogens with two attached hydrogens (primary N) is 1. The Bertz CT molecular complexity index is 389. The van der Waals surface area contributed by atoms with Gasteiger partial charge in [0.15, 0.2) is 0 Å². The first-order valence-corrected chi connectivity index (χ1v) is 6.67. The molecule has 1 heterocycles. The Morgan fingerprint density at radius 3 is 2.78 bits per heavy atom. The van der Waals surface area contributed by atoms with E-state index in [0.29, 0.717) is 5.92 Å². The second kappa shape index (κ2) is 6.45. The second-order valence-corrected chi connectivity index (χ2v) is 4.70. The maximum Gasteiger partial charge on any atom is 0.0922 e. The minimum absolute atomic E-state index is 0.200. The van der Waals surface area contributed by atoms with Crippen LogP contribution in [0.25, 0.3) is 0 Å². The fourth-order valence-electron chi connectivity index (χ4n) is 2.39. The molecule has 0 aliphatic carbocycles. The highest BCUT2D eigenvalue weighted by molar-refractivity contribution is 5.17. The molecule has 3 nitrogen and oxygen atoms in total. The van der Waals surface area contributed by atoms with Crippen LogP contribution in [0.2, 0.25) is 0 Å². The van der Waals surface area contributed by atoms with Crippen molar-refractivity contribution in [3.8, 4) is 0 Å². The molecule has 1 aliphatic rings. The van der Waals surface area contributed by atoms with Crippen molar-refractivity contribution in [2.45, 2.75) is 25.9 Å². The molecule has 98 valence electrons. The minimum Gasteiger partial charge on any atom is -0.386 e. The maximum atomic E-state index is 5.84. The van der Waals surface area contributed by atoms with E-state index in [0.717, 1.165) is 31.8 Å². The van der Waals surface area contributed by atoms with Crippen molar-refractivity contribution in [1.82, 2.24) is 5.32 Å². The van der Waals surface area contributed by atoms with Crippen LogP contribution in [-0.2, 0) is 4.74 Å². The Hall–Kier alpha value is -1.48. The van der Waals surface area contributed by atoms with Crippen LogP contribution in [0.15, 0.2) is 42.2 Å². The monoisotopic (exact) mass is 246 g/mol. The van der Waals surface area contributed by atoms with Crippen LogP contribution in [0.1, 0.15) is 31.4 Å². The molecular weight excluding hydrogens is 224 g/mol. The molecule has 0 fully saturated rings. The SMILES string of the molecule is CCOC(CC[C@H]1C=C(N)NC1)c1ccccc1. The van der Waals surface area contributed by atoms with Crippen LogP contribution in [-0.4, -0.2) is 13.2 Å². The van der Waals surface area contributed by atoms with Crippen molar-refractivity contribution < 1.29 is 4.74 Å². The van der Waals surface area contributed by atoms with Crippen molar-refractivity contribution in [1.29, 1.82) is 0 Å². The topological polar surface area (TPSA) is 47.3 Å². The standard InChI is InChI=1S/C15H22N2O/c1-2-18-14(13-6-4-3-5-7-13)9-8-12-10-15(16)17-11-12/h3-7,10,12,14,17H,2,8-9,11,16H2,1H3/t12-,14?/m0/s1. The van der Waals surface area contributed by atoms with Crippen molar-refractivity contribution in [3.05, 3.63) is 47.8 Å². The van der Waals surface area contributed by atoms with E-state index < -0.39 is 0 Å². The largest absolute Gasteiger partial charge is 0.386 e. The number of nitrogens with one attached hydrogen (secondary N) is 1. The Labute approximate surface area is 109 Å². The van der Waals surface area contributed by atoms with Gasteiger partial charge in [-0.25, -0.2) is 0 Å². The lowest BCUT2D eigenvalue weighted by Gasteiger charge is -2.18. The molecule has 0 amide bonds. The Balaban J connectivity index is 1.91. The van der Waals surface area contributed by atoms with E-state index in [4.69, 9.17) is 10.5 Å². The first-order chi connectivity index (χ1) is 8.79. The van der Waals surface area contributed by atoms with Crippen LogP contribution in [0.5, 0.6) is 0 Å². The molecule has 1 aliphatic heterocycles. The number of rotatable bonds is 6. The van der Waals surface area contributed by atoms with Gasteiger partial charge < -0.3 is 15.8 Å². The van der Waals surface area contributed by atoms with E-state index in [1.54, 1.807) is 0 Å². The molecule has 18 heavy (non-hydrogen) atoms. The normalized spacial score (nSPS) is 20.3. The Morgan fingerprint density at radius 1 is 1.39 bits per heavy atom. The molecule has 0 spiro atoms. The summed E-state index contributed by atoms with van der Waals surface area (Å²) in [5.41, 5.74) is 6.99. The van der Waals surface area contributed by atoms with Gasteiger partial charge in [0.25, 0.3) is 0 Å². The van der Waals surface area contributed by atoms with Gasteiger partial charge in [0, 0.05) is 13.2 Å². The van der Waals surface area contributed by atoms with Gasteiger partial charge in [-0.3, -0.25) is 0 Å². The number of hydrogen-bond donors (Lipinski definition) is 2. The molecular formula is C15H22N2O.